The van der Waals surface area contributed by atoms with E-state index in [9.17, 15) is 4.57 Å². The van der Waals surface area contributed by atoms with Crippen molar-refractivity contribution in [3.63, 3.8) is 0 Å². The van der Waals surface area contributed by atoms with E-state index in [4.69, 9.17) is 41.3 Å². The first-order chi connectivity index (χ1) is 10.8. The average molecular weight is 504 g/mol. The second-order valence-corrected chi connectivity index (χ2v) is 11.7. The molecule has 0 N–H and O–H groups in total. The van der Waals surface area contributed by atoms with Crippen molar-refractivity contribution in [3.8, 4) is 0 Å². The van der Waals surface area contributed by atoms with Crippen molar-refractivity contribution in [3.05, 3.63) is 0 Å². The molecule has 6 nitrogen and oxygen atoms in total. The predicted octanol–water partition coefficient (Wildman–Crippen LogP) is 4.28. The Balaban J connectivity index is 4.94. The van der Waals surface area contributed by atoms with Gasteiger partial charge in [0.25, 0.3) is 0 Å². The van der Waals surface area contributed by atoms with Crippen molar-refractivity contribution < 1.29 is 22.7 Å². The van der Waals surface area contributed by atoms with Gasteiger partial charge in [-0.1, -0.05) is 0 Å². The van der Waals surface area contributed by atoms with E-state index in [1.165, 1.54) is 0 Å². The summed E-state index contributed by atoms with van der Waals surface area (Å²) in [7, 11) is -3.38. The third-order valence-electron chi connectivity index (χ3n) is 2.35. The summed E-state index contributed by atoms with van der Waals surface area (Å²) in [5, 5.41) is -0.346. The van der Waals surface area contributed by atoms with Crippen molar-refractivity contribution in [2.75, 3.05) is 26.4 Å². The molecule has 140 valence electrons. The summed E-state index contributed by atoms with van der Waals surface area (Å²) >= 11 is 8.75. The molecule has 0 saturated heterocycles. The molecule has 0 aliphatic carbocycles. The van der Waals surface area contributed by atoms with Gasteiger partial charge >= 0.3 is 159 Å². The van der Waals surface area contributed by atoms with E-state index in [1.54, 1.807) is 13.8 Å². The van der Waals surface area contributed by atoms with Gasteiger partial charge in [0.05, 0.1) is 0 Å². The summed E-state index contributed by atoms with van der Waals surface area (Å²) < 4.78 is 40.7. The molecule has 10 heteroatoms. The summed E-state index contributed by atoms with van der Waals surface area (Å²) in [4.78, 5) is 0. The van der Waals surface area contributed by atoms with E-state index < -0.39 is 34.9 Å². The molecule has 0 heterocycles. The van der Waals surface area contributed by atoms with Crippen LogP contribution in [0.1, 0.15) is 41.0 Å². The van der Waals surface area contributed by atoms with Gasteiger partial charge in [-0.2, -0.15) is 0 Å². The third-order valence-corrected chi connectivity index (χ3v) is 8.78. The molecule has 0 fully saturated rings. The van der Waals surface area contributed by atoms with Crippen LogP contribution in [0.5, 0.6) is 0 Å². The van der Waals surface area contributed by atoms with Crippen molar-refractivity contribution in [1.29, 1.82) is 0 Å². The molecule has 0 rings (SSSR count). The minimum atomic E-state index is -3.38. The van der Waals surface area contributed by atoms with E-state index in [2.05, 4.69) is 0 Å². The number of halogens is 2. The summed E-state index contributed by atoms with van der Waals surface area (Å²) in [5.41, 5.74) is 0. The number of rotatable bonds is 14. The Bertz CT molecular complexity index is 326. The maximum atomic E-state index is 12.9. The van der Waals surface area contributed by atoms with Crippen LogP contribution in [0.3, 0.4) is 0 Å². The Morgan fingerprint density at radius 3 is 1.70 bits per heavy atom. The summed E-state index contributed by atoms with van der Waals surface area (Å²) in [6.45, 7) is 10.1. The molecule has 0 aromatic heterocycles. The van der Waals surface area contributed by atoms with Gasteiger partial charge in [-0.3, -0.25) is 0 Å². The number of hydrogen-bond acceptors (Lipinski definition) is 6. The Kier molecular flexibility index (Phi) is 14.5. The summed E-state index contributed by atoms with van der Waals surface area (Å²) in [6.07, 6.45) is 0.456. The summed E-state index contributed by atoms with van der Waals surface area (Å²) in [6, 6.07) is 0. The van der Waals surface area contributed by atoms with Gasteiger partial charge in [0.2, 0.25) is 0 Å². The fraction of sp³-hybridized carbons (Fsp3) is 1.00. The Hall–Kier alpha value is 1.43. The van der Waals surface area contributed by atoms with Crippen molar-refractivity contribution in [2.45, 2.75) is 57.6 Å². The Morgan fingerprint density at radius 2 is 1.39 bits per heavy atom. The van der Waals surface area contributed by atoms with Crippen LogP contribution < -0.4 is 0 Å². The van der Waals surface area contributed by atoms with Gasteiger partial charge in [0, 0.05) is 0 Å². The molecule has 0 amide bonds. The van der Waals surface area contributed by atoms with Gasteiger partial charge in [-0.25, -0.2) is 0 Å². The van der Waals surface area contributed by atoms with Gasteiger partial charge < -0.3 is 0 Å². The first kappa shape index (κ1) is 24.4. The standard InChI is InChI=1S/C7H16O4P.2C3H6ClO.Sb/c1-4-7(8)12(9,10-5-2)11-6-3;2*1-3(4)2-5;/h7H,4-6H2,1-3H3;2*3H,2H2,1H3;/q3*-1;+3. The zero-order valence-corrected chi connectivity index (χ0v) is 19.3. The molecule has 0 bridgehead atoms. The van der Waals surface area contributed by atoms with Crippen LogP contribution in [0.4, 0.5) is 0 Å². The summed E-state index contributed by atoms with van der Waals surface area (Å²) in [5.74, 6) is -0.721. The van der Waals surface area contributed by atoms with Crippen molar-refractivity contribution in [2.24, 2.45) is 0 Å². The van der Waals surface area contributed by atoms with Crippen LogP contribution in [0.15, 0.2) is 0 Å². The Labute approximate surface area is 158 Å². The second kappa shape index (κ2) is 13.6. The van der Waals surface area contributed by atoms with E-state index in [0.717, 1.165) is 0 Å². The van der Waals surface area contributed by atoms with Gasteiger partial charge in [-0.15, -0.1) is 0 Å². The van der Waals surface area contributed by atoms with E-state index in [-0.39, 0.29) is 24.0 Å². The van der Waals surface area contributed by atoms with Gasteiger partial charge in [-0.05, 0) is 0 Å². The Morgan fingerprint density at radius 1 is 0.957 bits per heavy atom. The van der Waals surface area contributed by atoms with E-state index >= 15 is 0 Å². The number of alkyl halides is 2. The quantitative estimate of drug-likeness (QED) is 0.200. The topological polar surface area (TPSA) is 63.2 Å². The monoisotopic (exact) mass is 502 g/mol. The molecule has 0 aliphatic heterocycles. The molecule has 0 aromatic rings. The van der Waals surface area contributed by atoms with Crippen LogP contribution in [-0.2, 0) is 22.7 Å². The molecular formula is C13H28Cl2O6PSb. The van der Waals surface area contributed by atoms with Gasteiger partial charge in [0.15, 0.2) is 0 Å². The van der Waals surface area contributed by atoms with E-state index in [1.807, 2.05) is 20.8 Å². The van der Waals surface area contributed by atoms with Crippen LogP contribution in [-0.4, -0.2) is 64.5 Å². The predicted molar refractivity (Wildman–Crippen MR) is 94.3 cm³/mol. The molecule has 0 aliphatic rings. The maximum absolute atomic E-state index is 12.9. The normalized spacial score (nSPS) is 16.5. The average Bonchev–Trinajstić information content (AvgIpc) is 2.46. The molecule has 0 saturated carbocycles. The molecule has 0 spiro atoms. The van der Waals surface area contributed by atoms with Crippen LogP contribution >= 0.6 is 30.8 Å². The molecule has 0 radical (unpaired) electrons. The van der Waals surface area contributed by atoms with Crippen molar-refractivity contribution >= 4 is 52.3 Å². The molecule has 23 heavy (non-hydrogen) atoms. The molecule has 3 unspecified atom stereocenters. The fourth-order valence-corrected chi connectivity index (χ4v) is 8.81. The fourth-order valence-electron chi connectivity index (χ4n) is 1.44. The first-order valence-corrected chi connectivity index (χ1v) is 13.3. The zero-order valence-electron chi connectivity index (χ0n) is 14.4. The minimum absolute atomic E-state index is 0.173. The van der Waals surface area contributed by atoms with Crippen LogP contribution in [0.2, 0.25) is 0 Å². The van der Waals surface area contributed by atoms with Gasteiger partial charge in [0.1, 0.15) is 0 Å². The second-order valence-electron chi connectivity index (χ2n) is 4.72. The third kappa shape index (κ3) is 10.9. The number of hydrogen-bond donors (Lipinski definition) is 0. The van der Waals surface area contributed by atoms with E-state index in [0.29, 0.717) is 19.6 Å². The molecular weight excluding hydrogens is 476 g/mol. The molecule has 0 aromatic carbocycles. The van der Waals surface area contributed by atoms with Crippen molar-refractivity contribution in [1.82, 2.24) is 0 Å². The van der Waals surface area contributed by atoms with Crippen LogP contribution in [0, 0.1) is 0 Å². The van der Waals surface area contributed by atoms with Crippen LogP contribution in [0.25, 0.3) is 0 Å². The molecule has 3 atom stereocenters. The first-order valence-electron chi connectivity index (χ1n) is 7.68. The zero-order chi connectivity index (χ0) is 17.9. The SMILES string of the molecule is CCOP(=O)(OCC)C(CC)[O][Sb]([O]CC(C)Cl)[O]CC(C)Cl.